The van der Waals surface area contributed by atoms with Gasteiger partial charge in [0, 0.05) is 12.6 Å². The van der Waals surface area contributed by atoms with E-state index in [0.29, 0.717) is 5.56 Å². The van der Waals surface area contributed by atoms with Gasteiger partial charge in [0.05, 0.1) is 15.4 Å². The van der Waals surface area contributed by atoms with E-state index in [4.69, 9.17) is 0 Å². The number of alkyl halides is 3. The molecule has 1 aliphatic carbocycles. The lowest BCUT2D eigenvalue weighted by atomic mass is 10.1. The number of nitrogens with one attached hydrogen (secondary N) is 2. The van der Waals surface area contributed by atoms with Crippen molar-refractivity contribution in [3.05, 3.63) is 59.7 Å². The first kappa shape index (κ1) is 21.8. The lowest BCUT2D eigenvalue weighted by molar-refractivity contribution is -0.137. The van der Waals surface area contributed by atoms with Crippen molar-refractivity contribution in [1.29, 1.82) is 0 Å². The second kappa shape index (κ2) is 8.05. The fourth-order valence-electron chi connectivity index (χ4n) is 2.57. The largest absolute Gasteiger partial charge is 0.416 e. The van der Waals surface area contributed by atoms with E-state index in [1.54, 1.807) is 0 Å². The Morgan fingerprint density at radius 1 is 0.897 bits per heavy atom. The quantitative estimate of drug-likeness (QED) is 0.650. The van der Waals surface area contributed by atoms with E-state index in [9.17, 15) is 30.0 Å². The molecular formula is C18H19F3N2O4S2. The van der Waals surface area contributed by atoms with E-state index >= 15 is 0 Å². The van der Waals surface area contributed by atoms with Gasteiger partial charge in [0.2, 0.25) is 20.0 Å². The molecule has 0 unspecified atom stereocenters. The monoisotopic (exact) mass is 448 g/mol. The number of hydrogen-bond donors (Lipinski definition) is 2. The van der Waals surface area contributed by atoms with Gasteiger partial charge in [-0.05, 0) is 55.2 Å². The van der Waals surface area contributed by atoms with Gasteiger partial charge >= 0.3 is 6.18 Å². The summed E-state index contributed by atoms with van der Waals surface area (Å²) in [5.74, 6) is 0. The Hall–Kier alpha value is -1.95. The average Bonchev–Trinajstić information content (AvgIpc) is 3.45. The SMILES string of the molecule is O=S(=O)(NCCc1ccc(C(F)(F)F)cc1)c1cccc(S(=O)(=O)NC2CC2)c1. The third kappa shape index (κ3) is 5.78. The van der Waals surface area contributed by atoms with Crippen LogP contribution in [0.5, 0.6) is 0 Å². The van der Waals surface area contributed by atoms with Crippen molar-refractivity contribution in [2.45, 2.75) is 41.3 Å². The summed E-state index contributed by atoms with van der Waals surface area (Å²) >= 11 is 0. The molecule has 2 N–H and O–H groups in total. The van der Waals surface area contributed by atoms with Gasteiger partial charge in [-0.15, -0.1) is 0 Å². The van der Waals surface area contributed by atoms with E-state index in [1.807, 2.05) is 0 Å². The van der Waals surface area contributed by atoms with Gasteiger partial charge in [0.25, 0.3) is 0 Å². The zero-order valence-electron chi connectivity index (χ0n) is 15.1. The van der Waals surface area contributed by atoms with Crippen LogP contribution in [0.15, 0.2) is 58.3 Å². The molecule has 1 fully saturated rings. The maximum Gasteiger partial charge on any atom is 0.416 e. The minimum Gasteiger partial charge on any atom is -0.211 e. The van der Waals surface area contributed by atoms with Crippen LogP contribution in [0.4, 0.5) is 13.2 Å². The molecule has 0 bridgehead atoms. The smallest absolute Gasteiger partial charge is 0.211 e. The Kier molecular flexibility index (Phi) is 6.04. The molecule has 0 aromatic heterocycles. The van der Waals surface area contributed by atoms with E-state index in [2.05, 4.69) is 9.44 Å². The fourth-order valence-corrected chi connectivity index (χ4v) is 5.07. The highest BCUT2D eigenvalue weighted by Gasteiger charge is 2.30. The summed E-state index contributed by atoms with van der Waals surface area (Å²) < 4.78 is 91.9. The number of halogens is 3. The van der Waals surface area contributed by atoms with Crippen LogP contribution in [0.25, 0.3) is 0 Å². The van der Waals surface area contributed by atoms with Crippen molar-refractivity contribution in [2.24, 2.45) is 0 Å². The minimum atomic E-state index is -4.43. The first-order valence-electron chi connectivity index (χ1n) is 8.76. The zero-order chi connectivity index (χ0) is 21.3. The summed E-state index contributed by atoms with van der Waals surface area (Å²) in [7, 11) is -7.77. The molecule has 0 aliphatic heterocycles. The lowest BCUT2D eigenvalue weighted by Gasteiger charge is -2.10. The van der Waals surface area contributed by atoms with E-state index < -0.39 is 31.8 Å². The van der Waals surface area contributed by atoms with Gasteiger partial charge in [0.15, 0.2) is 0 Å². The molecule has 0 saturated heterocycles. The number of benzene rings is 2. The summed E-state index contributed by atoms with van der Waals surface area (Å²) in [6.45, 7) is -0.0506. The highest BCUT2D eigenvalue weighted by molar-refractivity contribution is 7.90. The van der Waals surface area contributed by atoms with Crippen LogP contribution in [0.2, 0.25) is 0 Å². The molecule has 1 aliphatic rings. The van der Waals surface area contributed by atoms with E-state index in [-0.39, 0.29) is 28.8 Å². The van der Waals surface area contributed by atoms with Crippen LogP contribution >= 0.6 is 0 Å². The van der Waals surface area contributed by atoms with Crippen LogP contribution in [-0.4, -0.2) is 29.4 Å². The summed E-state index contributed by atoms with van der Waals surface area (Å²) in [6, 6.07) is 9.33. The molecule has 0 atom stereocenters. The first-order chi connectivity index (χ1) is 13.5. The highest BCUT2D eigenvalue weighted by Crippen LogP contribution is 2.29. The van der Waals surface area contributed by atoms with Crippen molar-refractivity contribution in [1.82, 2.24) is 9.44 Å². The molecule has 2 aromatic carbocycles. The van der Waals surface area contributed by atoms with Crippen molar-refractivity contribution in [3.63, 3.8) is 0 Å². The van der Waals surface area contributed by atoms with Crippen molar-refractivity contribution in [2.75, 3.05) is 6.54 Å². The van der Waals surface area contributed by atoms with Crippen LogP contribution in [0.3, 0.4) is 0 Å². The first-order valence-corrected chi connectivity index (χ1v) is 11.7. The maximum atomic E-state index is 12.6. The third-order valence-corrected chi connectivity index (χ3v) is 7.29. The van der Waals surface area contributed by atoms with Gasteiger partial charge in [-0.1, -0.05) is 18.2 Å². The molecule has 6 nitrogen and oxygen atoms in total. The Morgan fingerprint density at radius 3 is 2.03 bits per heavy atom. The predicted octanol–water partition coefficient (Wildman–Crippen LogP) is 2.67. The predicted molar refractivity (Wildman–Crippen MR) is 100 cm³/mol. The van der Waals surface area contributed by atoms with Crippen LogP contribution in [-0.2, 0) is 32.6 Å². The standard InChI is InChI=1S/C18H19F3N2O4S2/c19-18(20,21)14-6-4-13(5-7-14)10-11-22-28(24,25)16-2-1-3-17(12-16)29(26,27)23-15-8-9-15/h1-7,12,15,22-23H,8-11H2. The van der Waals surface area contributed by atoms with Crippen molar-refractivity contribution < 1.29 is 30.0 Å². The average molecular weight is 448 g/mol. The fraction of sp³-hybridized carbons (Fsp3) is 0.333. The molecule has 29 heavy (non-hydrogen) atoms. The normalized spacial score (nSPS) is 15.4. The van der Waals surface area contributed by atoms with Gasteiger partial charge in [-0.2, -0.15) is 13.2 Å². The van der Waals surface area contributed by atoms with Crippen molar-refractivity contribution >= 4 is 20.0 Å². The molecule has 0 amide bonds. The van der Waals surface area contributed by atoms with Crippen LogP contribution in [0, 0.1) is 0 Å². The van der Waals surface area contributed by atoms with Crippen LogP contribution in [0.1, 0.15) is 24.0 Å². The minimum absolute atomic E-state index is 0.0506. The molecule has 0 radical (unpaired) electrons. The summed E-state index contributed by atoms with van der Waals surface area (Å²) in [4.78, 5) is -0.349. The second-order valence-electron chi connectivity index (χ2n) is 6.71. The van der Waals surface area contributed by atoms with E-state index in [0.717, 1.165) is 31.0 Å². The Morgan fingerprint density at radius 2 is 1.48 bits per heavy atom. The summed E-state index contributed by atoms with van der Waals surface area (Å²) in [6.07, 6.45) is -2.75. The Labute approximate surface area is 167 Å². The molecule has 3 rings (SSSR count). The Bertz CT molecular complexity index is 1080. The van der Waals surface area contributed by atoms with Crippen LogP contribution < -0.4 is 9.44 Å². The number of rotatable bonds is 8. The maximum absolute atomic E-state index is 12.6. The zero-order valence-corrected chi connectivity index (χ0v) is 16.7. The molecule has 0 heterocycles. The molecule has 11 heteroatoms. The molecule has 158 valence electrons. The van der Waals surface area contributed by atoms with E-state index in [1.165, 1.54) is 30.3 Å². The van der Waals surface area contributed by atoms with Gasteiger partial charge in [0.1, 0.15) is 0 Å². The number of sulfonamides is 2. The molecular weight excluding hydrogens is 429 g/mol. The summed E-state index contributed by atoms with van der Waals surface area (Å²) in [5, 5.41) is 0. The topological polar surface area (TPSA) is 92.3 Å². The third-order valence-electron chi connectivity index (χ3n) is 4.31. The number of hydrogen-bond acceptors (Lipinski definition) is 4. The lowest BCUT2D eigenvalue weighted by Crippen LogP contribution is -2.28. The Balaban J connectivity index is 1.64. The summed E-state index contributed by atoms with van der Waals surface area (Å²) in [5.41, 5.74) is -0.245. The molecule has 0 spiro atoms. The second-order valence-corrected chi connectivity index (χ2v) is 10.2. The van der Waals surface area contributed by atoms with Gasteiger partial charge in [-0.25, -0.2) is 26.3 Å². The molecule has 1 saturated carbocycles. The van der Waals surface area contributed by atoms with Crippen molar-refractivity contribution in [3.8, 4) is 0 Å². The molecule has 2 aromatic rings. The van der Waals surface area contributed by atoms with Gasteiger partial charge < -0.3 is 0 Å². The van der Waals surface area contributed by atoms with Gasteiger partial charge in [-0.3, -0.25) is 0 Å². The highest BCUT2D eigenvalue weighted by atomic mass is 32.2.